The van der Waals surface area contributed by atoms with Gasteiger partial charge in [-0.05, 0) is 51.1 Å². The van der Waals surface area contributed by atoms with Crippen molar-refractivity contribution < 1.29 is 35.3 Å². The summed E-state index contributed by atoms with van der Waals surface area (Å²) < 4.78 is 62.3. The predicted molar refractivity (Wildman–Crippen MR) is 103 cm³/mol. The maximum Gasteiger partial charge on any atom is 0.332 e. The van der Waals surface area contributed by atoms with Crippen molar-refractivity contribution >= 4 is 17.6 Å². The summed E-state index contributed by atoms with van der Waals surface area (Å²) in [5.41, 5.74) is -5.49. The number of carbonyl (C=O) groups excluding carboxylic acids is 1. The largest absolute Gasteiger partial charge is 0.479 e. The number of halogens is 3. The number of aromatic nitrogens is 1. The van der Waals surface area contributed by atoms with E-state index in [0.29, 0.717) is 12.5 Å². The number of hydrogen-bond donors (Lipinski definition) is 2. The molecule has 1 aromatic rings. The second-order valence-corrected chi connectivity index (χ2v) is 8.08. The number of carboxylic acids is 1. The van der Waals surface area contributed by atoms with Gasteiger partial charge in [0, 0.05) is 2.74 Å². The molecule has 0 spiro atoms. The fourth-order valence-corrected chi connectivity index (χ4v) is 3.30. The van der Waals surface area contributed by atoms with Crippen molar-refractivity contribution in [2.45, 2.75) is 57.1 Å². The molecule has 2 aliphatic rings. The summed E-state index contributed by atoms with van der Waals surface area (Å²) in [4.78, 5) is 30.2. The van der Waals surface area contributed by atoms with Gasteiger partial charge in [-0.25, -0.2) is 22.9 Å². The zero-order valence-electron chi connectivity index (χ0n) is 18.8. The first-order valence-electron chi connectivity index (χ1n) is 10.8. The Morgan fingerprint density at radius 3 is 2.60 bits per heavy atom. The van der Waals surface area contributed by atoms with Gasteiger partial charge in [0.2, 0.25) is 5.88 Å². The van der Waals surface area contributed by atoms with Crippen LogP contribution in [0.5, 0.6) is 5.88 Å². The summed E-state index contributed by atoms with van der Waals surface area (Å²) in [5, 5.41) is 11.8. The molecule has 1 saturated heterocycles. The number of carboxylic acid groups (broad SMARTS) is 1. The summed E-state index contributed by atoms with van der Waals surface area (Å²) in [7, 11) is 0. The number of aliphatic carboxylic acids is 1. The molecule has 3 rings (SSSR count). The highest BCUT2D eigenvalue weighted by Crippen LogP contribution is 2.38. The van der Waals surface area contributed by atoms with Gasteiger partial charge in [-0.2, -0.15) is 0 Å². The van der Waals surface area contributed by atoms with Crippen LogP contribution < -0.4 is 15.0 Å². The average Bonchev–Trinajstić information content (AvgIpc) is 3.52. The minimum Gasteiger partial charge on any atom is -0.479 e. The second kappa shape index (κ2) is 7.63. The lowest BCUT2D eigenvalue weighted by molar-refractivity contribution is -0.151. The number of nitrogens with one attached hydrogen (secondary N) is 1. The molecule has 166 valence electrons. The molecule has 0 bridgehead atoms. The van der Waals surface area contributed by atoms with Gasteiger partial charge in [0.15, 0.2) is 5.54 Å². The van der Waals surface area contributed by atoms with Gasteiger partial charge in [-0.3, -0.25) is 4.79 Å². The Morgan fingerprint density at radius 1 is 1.43 bits per heavy atom. The molecule has 1 aliphatic heterocycles. The van der Waals surface area contributed by atoms with Crippen molar-refractivity contribution in [3.63, 3.8) is 0 Å². The maximum absolute atomic E-state index is 15.2. The van der Waals surface area contributed by atoms with E-state index in [1.54, 1.807) is 0 Å². The van der Waals surface area contributed by atoms with E-state index in [9.17, 15) is 23.5 Å². The number of anilines is 1. The van der Waals surface area contributed by atoms with E-state index in [1.807, 2.05) is 0 Å². The average molecular weight is 431 g/mol. The lowest BCUT2D eigenvalue weighted by Gasteiger charge is -2.40. The molecular formula is C20H26F3N3O4. The molecular weight excluding hydrogens is 403 g/mol. The van der Waals surface area contributed by atoms with Gasteiger partial charge in [-0.1, -0.05) is 6.92 Å². The number of rotatable bonds is 9. The van der Waals surface area contributed by atoms with Gasteiger partial charge >= 0.3 is 5.97 Å². The molecule has 30 heavy (non-hydrogen) atoms. The van der Waals surface area contributed by atoms with Crippen LogP contribution in [0.2, 0.25) is 0 Å². The predicted octanol–water partition coefficient (Wildman–Crippen LogP) is 3.04. The quantitative estimate of drug-likeness (QED) is 0.625. The summed E-state index contributed by atoms with van der Waals surface area (Å²) in [6, 6.07) is 2.59. The Morgan fingerprint density at radius 2 is 2.10 bits per heavy atom. The van der Waals surface area contributed by atoms with Gasteiger partial charge in [0.1, 0.15) is 17.1 Å². The van der Waals surface area contributed by atoms with E-state index in [-0.39, 0.29) is 17.3 Å². The highest BCUT2D eigenvalue weighted by atomic mass is 19.3. The SMILES string of the molecule is [2H]C([2H])C(C)(F)C(CC)(NC(=O)c1ccc(N2CC(F)(F)C2)c(OCC2CC2)n1)C(=O)O. The van der Waals surface area contributed by atoms with Crippen LogP contribution in [0.1, 0.15) is 53.2 Å². The summed E-state index contributed by atoms with van der Waals surface area (Å²) in [6.45, 7) is -0.843. The van der Waals surface area contributed by atoms with Crippen LogP contribution in [0, 0.1) is 5.92 Å². The topological polar surface area (TPSA) is 91.8 Å². The van der Waals surface area contributed by atoms with Gasteiger partial charge in [-0.15, -0.1) is 0 Å². The van der Waals surface area contributed by atoms with E-state index >= 15 is 4.39 Å². The van der Waals surface area contributed by atoms with Crippen LogP contribution >= 0.6 is 0 Å². The molecule has 1 saturated carbocycles. The Balaban J connectivity index is 1.89. The Bertz CT molecular complexity index is 891. The van der Waals surface area contributed by atoms with Gasteiger partial charge in [0.25, 0.3) is 11.8 Å². The number of nitrogens with zero attached hydrogens (tertiary/aromatic N) is 2. The summed E-state index contributed by atoms with van der Waals surface area (Å²) >= 11 is 0. The molecule has 0 aromatic carbocycles. The molecule has 10 heteroatoms. The van der Waals surface area contributed by atoms with Gasteiger partial charge in [0.05, 0.1) is 19.7 Å². The lowest BCUT2D eigenvalue weighted by atomic mass is 9.81. The number of ether oxygens (including phenoxy) is 1. The number of alkyl halides is 3. The first-order chi connectivity index (χ1) is 14.8. The fraction of sp³-hybridized carbons (Fsp3) is 0.650. The zero-order valence-corrected chi connectivity index (χ0v) is 16.8. The third-order valence-corrected chi connectivity index (χ3v) is 5.47. The molecule has 0 radical (unpaired) electrons. The number of carbonyl (C=O) groups is 2. The molecule has 1 aliphatic carbocycles. The van der Waals surface area contributed by atoms with Crippen LogP contribution in [-0.2, 0) is 4.79 Å². The third-order valence-electron chi connectivity index (χ3n) is 5.47. The van der Waals surface area contributed by atoms with E-state index in [4.69, 9.17) is 7.48 Å². The Kier molecular flexibility index (Phi) is 4.94. The van der Waals surface area contributed by atoms with Crippen molar-refractivity contribution in [2.75, 3.05) is 24.6 Å². The first kappa shape index (κ1) is 19.4. The lowest BCUT2D eigenvalue weighted by Crippen LogP contribution is -2.64. The summed E-state index contributed by atoms with van der Waals surface area (Å²) in [6.07, 6.45) is 1.50. The third kappa shape index (κ3) is 4.32. The highest BCUT2D eigenvalue weighted by molar-refractivity contribution is 5.97. The Labute approximate surface area is 175 Å². The number of hydrogen-bond acceptors (Lipinski definition) is 5. The van der Waals surface area contributed by atoms with Crippen molar-refractivity contribution in [1.29, 1.82) is 0 Å². The Hall–Kier alpha value is -2.52. The van der Waals surface area contributed by atoms with E-state index in [2.05, 4.69) is 10.3 Å². The van der Waals surface area contributed by atoms with Crippen LogP contribution in [0.3, 0.4) is 0 Å². The van der Waals surface area contributed by atoms with Crippen LogP contribution in [0.25, 0.3) is 0 Å². The first-order valence-corrected chi connectivity index (χ1v) is 9.69. The van der Waals surface area contributed by atoms with Gasteiger partial charge < -0.3 is 20.1 Å². The second-order valence-electron chi connectivity index (χ2n) is 8.08. The van der Waals surface area contributed by atoms with E-state index in [1.165, 1.54) is 24.0 Å². The smallest absolute Gasteiger partial charge is 0.332 e. The molecule has 2 heterocycles. The van der Waals surface area contributed by atoms with Crippen molar-refractivity contribution in [3.8, 4) is 5.88 Å². The van der Waals surface area contributed by atoms with Crippen LogP contribution in [0.15, 0.2) is 12.1 Å². The highest BCUT2D eigenvalue weighted by Gasteiger charge is 2.52. The van der Waals surface area contributed by atoms with Crippen LogP contribution in [0.4, 0.5) is 18.9 Å². The molecule has 1 aromatic heterocycles. The number of pyridine rings is 1. The summed E-state index contributed by atoms with van der Waals surface area (Å²) in [5.74, 6) is -5.33. The van der Waals surface area contributed by atoms with E-state index < -0.39 is 55.4 Å². The molecule has 1 amide bonds. The zero-order chi connectivity index (χ0) is 23.9. The molecule has 2 fully saturated rings. The fourth-order valence-electron chi connectivity index (χ4n) is 3.30. The van der Waals surface area contributed by atoms with Crippen molar-refractivity contribution in [3.05, 3.63) is 17.8 Å². The monoisotopic (exact) mass is 431 g/mol. The maximum atomic E-state index is 15.2. The minimum atomic E-state index is -2.92. The van der Waals surface area contributed by atoms with Crippen molar-refractivity contribution in [1.82, 2.24) is 10.3 Å². The molecule has 2 unspecified atom stereocenters. The minimum absolute atomic E-state index is 0.0423. The van der Waals surface area contributed by atoms with Crippen LogP contribution in [-0.4, -0.2) is 58.8 Å². The standard InChI is InChI=1S/C20H26F3N3O4/c1-4-20(17(28)29,18(2,3)21)25-15(27)13-7-8-14(26-10-19(22,23)11-26)16(24-13)30-9-12-5-6-12/h7-8,12H,4-6,9-11H2,1-3H3,(H,25,27)(H,28,29)/i2D2. The van der Waals surface area contributed by atoms with Crippen molar-refractivity contribution in [2.24, 2.45) is 5.92 Å². The van der Waals surface area contributed by atoms with E-state index in [0.717, 1.165) is 19.8 Å². The molecule has 2 N–H and O–H groups in total. The number of amides is 1. The molecule has 7 nitrogen and oxygen atoms in total. The normalized spacial score (nSPS) is 22.8. The molecule has 2 atom stereocenters.